The highest BCUT2D eigenvalue weighted by molar-refractivity contribution is 8.16. The molecule has 2 aliphatic heterocycles. The first kappa shape index (κ1) is 35.5. The summed E-state index contributed by atoms with van der Waals surface area (Å²) in [7, 11) is 0. The van der Waals surface area contributed by atoms with Gasteiger partial charge in [0.2, 0.25) is 23.6 Å². The minimum Gasteiger partial charge on any atom is -0.394 e. The fourth-order valence-corrected chi connectivity index (χ4v) is 5.78. The molecule has 0 saturated carbocycles. The molecule has 0 aliphatic carbocycles. The number of hydrogen-bond donors (Lipinski definition) is 10. The summed E-state index contributed by atoms with van der Waals surface area (Å²) >= 11 is 2.38. The third kappa shape index (κ3) is 10.8. The number of thioether (sulfide) groups is 2. The van der Waals surface area contributed by atoms with E-state index in [0.717, 1.165) is 0 Å². The number of nitrogens with one attached hydrogen (secondary N) is 4. The Morgan fingerprint density at radius 1 is 0.634 bits per heavy atom. The zero-order chi connectivity index (χ0) is 30.7. The van der Waals surface area contributed by atoms with Crippen LogP contribution in [-0.4, -0.2) is 146 Å². The number of hydrogen-bond acceptors (Lipinski definition) is 14. The highest BCUT2D eigenvalue weighted by Crippen LogP contribution is 2.25. The molecule has 2 fully saturated rings. The molecule has 0 spiro atoms. The number of rotatable bonds is 14. The van der Waals surface area contributed by atoms with Crippen molar-refractivity contribution >= 4 is 47.2 Å². The van der Waals surface area contributed by atoms with Crippen molar-refractivity contribution in [3.63, 3.8) is 0 Å². The van der Waals surface area contributed by atoms with E-state index in [1.165, 1.54) is 23.5 Å². The molecule has 0 radical (unpaired) electrons. The molecule has 0 bridgehead atoms. The second kappa shape index (κ2) is 17.4. The molecule has 16 nitrogen and oxygen atoms in total. The van der Waals surface area contributed by atoms with E-state index in [1.54, 1.807) is 13.8 Å². The number of ether oxygens (including phenoxy) is 2. The van der Waals surface area contributed by atoms with E-state index in [0.29, 0.717) is 5.08 Å². The number of amides is 4. The molecule has 2 saturated heterocycles. The maximum Gasteiger partial charge on any atom is 0.241 e. The normalized spacial score (nSPS) is 33.5. The van der Waals surface area contributed by atoms with Gasteiger partial charge in [0.05, 0.1) is 62.2 Å². The van der Waals surface area contributed by atoms with Gasteiger partial charge in [0.25, 0.3) is 0 Å². The van der Waals surface area contributed by atoms with Crippen molar-refractivity contribution in [1.29, 1.82) is 0 Å². The standard InChI is InChI=1S/C23H40N4O12S2/c1-10-12(5-28)38-22(20(36)18(10)34)26-14(30)3-24-16(32)7-40-9-41-8-17(33)25-4-15(31)27-23-21(37)19(35)11(2)13(6-29)39-23/h10-13,18-23,28-29,34-37H,3-9H2,1-2H3,(H,24,32)(H,25,33)(H,26,30)(H,27,31)/t10-,11-,12?,13?,18+,19+,20?,21?,22+,23+/m1/s1. The Labute approximate surface area is 245 Å². The molecule has 2 heterocycles. The molecular formula is C23H40N4O12S2. The summed E-state index contributed by atoms with van der Waals surface area (Å²) in [5.41, 5.74) is 0. The molecule has 10 N–H and O–H groups in total. The van der Waals surface area contributed by atoms with Gasteiger partial charge in [-0.2, -0.15) is 0 Å². The van der Waals surface area contributed by atoms with Gasteiger partial charge in [0, 0.05) is 16.9 Å². The summed E-state index contributed by atoms with van der Waals surface area (Å²) in [6.45, 7) is 1.58. The van der Waals surface area contributed by atoms with E-state index in [1.807, 2.05) is 0 Å². The molecule has 0 aromatic carbocycles. The van der Waals surface area contributed by atoms with Crippen LogP contribution in [0.1, 0.15) is 13.8 Å². The van der Waals surface area contributed by atoms with Crippen LogP contribution >= 0.6 is 23.5 Å². The monoisotopic (exact) mass is 628 g/mol. The van der Waals surface area contributed by atoms with Crippen molar-refractivity contribution in [3.05, 3.63) is 0 Å². The summed E-state index contributed by atoms with van der Waals surface area (Å²) in [5, 5.41) is 68.8. The fraction of sp³-hybridized carbons (Fsp3) is 0.826. The molecule has 41 heavy (non-hydrogen) atoms. The van der Waals surface area contributed by atoms with Crippen LogP contribution in [0.3, 0.4) is 0 Å². The minimum atomic E-state index is -1.40. The maximum atomic E-state index is 12.1. The highest BCUT2D eigenvalue weighted by Gasteiger charge is 2.43. The largest absolute Gasteiger partial charge is 0.394 e. The van der Waals surface area contributed by atoms with Gasteiger partial charge < -0.3 is 61.4 Å². The van der Waals surface area contributed by atoms with Crippen LogP contribution in [-0.2, 0) is 28.7 Å². The van der Waals surface area contributed by atoms with Gasteiger partial charge in [-0.1, -0.05) is 13.8 Å². The van der Waals surface area contributed by atoms with Crippen molar-refractivity contribution in [2.75, 3.05) is 42.9 Å². The number of carbonyl (C=O) groups excluding carboxylic acids is 4. The van der Waals surface area contributed by atoms with Gasteiger partial charge in [-0.05, 0) is 0 Å². The Balaban J connectivity index is 1.56. The van der Waals surface area contributed by atoms with Crippen molar-refractivity contribution in [3.8, 4) is 0 Å². The van der Waals surface area contributed by atoms with E-state index in [4.69, 9.17) is 9.47 Å². The van der Waals surface area contributed by atoms with E-state index in [9.17, 15) is 49.8 Å². The van der Waals surface area contributed by atoms with E-state index in [-0.39, 0.29) is 11.5 Å². The molecule has 0 aromatic rings. The Morgan fingerprint density at radius 3 is 1.34 bits per heavy atom. The summed E-state index contributed by atoms with van der Waals surface area (Å²) in [4.78, 5) is 48.2. The molecule has 2 aliphatic rings. The van der Waals surface area contributed by atoms with E-state index < -0.39 is 111 Å². The lowest BCUT2D eigenvalue weighted by Crippen LogP contribution is -2.61. The predicted octanol–water partition coefficient (Wildman–Crippen LogP) is -4.97. The predicted molar refractivity (Wildman–Crippen MR) is 146 cm³/mol. The van der Waals surface area contributed by atoms with E-state index >= 15 is 0 Å². The molecule has 2 rings (SSSR count). The Morgan fingerprint density at radius 2 is 1.00 bits per heavy atom. The van der Waals surface area contributed by atoms with Crippen LogP contribution < -0.4 is 21.3 Å². The van der Waals surface area contributed by atoms with Crippen LogP contribution in [0.2, 0.25) is 0 Å². The number of aliphatic hydroxyl groups excluding tert-OH is 6. The van der Waals surface area contributed by atoms with Gasteiger partial charge in [0.1, 0.15) is 12.2 Å². The number of aliphatic hydroxyl groups is 6. The summed E-state index contributed by atoms with van der Waals surface area (Å²) in [5.74, 6) is -3.31. The summed E-state index contributed by atoms with van der Waals surface area (Å²) < 4.78 is 10.8. The molecule has 236 valence electrons. The second-order valence-electron chi connectivity index (χ2n) is 9.74. The maximum absolute atomic E-state index is 12.1. The van der Waals surface area contributed by atoms with E-state index in [2.05, 4.69) is 21.3 Å². The SMILES string of the molecule is C[C@@H]1C(CO)O[C@H](NC(=O)CNC(=O)CSCSCC(=O)NCC(=O)N[C@H]2OC(CO)[C@@H](C)[C@H](O)C2O)C(O)[C@H]1O. The van der Waals surface area contributed by atoms with Crippen molar-refractivity contribution in [1.82, 2.24) is 21.3 Å². The minimum absolute atomic E-state index is 0.00130. The summed E-state index contributed by atoms with van der Waals surface area (Å²) in [6.07, 6.45) is -9.25. The fourth-order valence-electron chi connectivity index (χ4n) is 4.07. The molecule has 4 amide bonds. The summed E-state index contributed by atoms with van der Waals surface area (Å²) in [6, 6.07) is 0. The average Bonchev–Trinajstić information content (AvgIpc) is 2.95. The van der Waals surface area contributed by atoms with Gasteiger partial charge in [-0.15, -0.1) is 23.5 Å². The number of carbonyl (C=O) groups is 4. The zero-order valence-electron chi connectivity index (χ0n) is 22.7. The molecular weight excluding hydrogens is 588 g/mol. The van der Waals surface area contributed by atoms with Gasteiger partial charge in [-0.3, -0.25) is 19.2 Å². The molecule has 0 aromatic heterocycles. The Hall–Kier alpha value is -1.74. The highest BCUT2D eigenvalue weighted by atomic mass is 32.2. The van der Waals surface area contributed by atoms with Crippen LogP contribution in [0.25, 0.3) is 0 Å². The zero-order valence-corrected chi connectivity index (χ0v) is 24.3. The topological polar surface area (TPSA) is 256 Å². The van der Waals surface area contributed by atoms with Crippen molar-refractivity contribution in [2.45, 2.75) is 62.9 Å². The Bertz CT molecular complexity index is 818. The lowest BCUT2D eigenvalue weighted by molar-refractivity contribution is -0.213. The lowest BCUT2D eigenvalue weighted by atomic mass is 9.90. The van der Waals surface area contributed by atoms with Crippen LogP contribution in [0.15, 0.2) is 0 Å². The van der Waals surface area contributed by atoms with Crippen molar-refractivity contribution in [2.24, 2.45) is 11.8 Å². The quantitative estimate of drug-likeness (QED) is 0.0639. The van der Waals surface area contributed by atoms with Gasteiger partial charge in [-0.25, -0.2) is 0 Å². The molecule has 4 unspecified atom stereocenters. The smallest absolute Gasteiger partial charge is 0.241 e. The first-order valence-electron chi connectivity index (χ1n) is 12.9. The first-order valence-corrected chi connectivity index (χ1v) is 15.2. The third-order valence-corrected chi connectivity index (χ3v) is 8.97. The van der Waals surface area contributed by atoms with Crippen molar-refractivity contribution < 1.29 is 59.3 Å². The van der Waals surface area contributed by atoms with Crippen LogP contribution in [0.5, 0.6) is 0 Å². The van der Waals surface area contributed by atoms with Gasteiger partial charge >= 0.3 is 0 Å². The molecule has 10 atom stereocenters. The average molecular weight is 629 g/mol. The lowest BCUT2D eigenvalue weighted by Gasteiger charge is -2.41. The van der Waals surface area contributed by atoms with Crippen LogP contribution in [0.4, 0.5) is 0 Å². The first-order chi connectivity index (χ1) is 19.4. The molecule has 18 heteroatoms. The van der Waals surface area contributed by atoms with Gasteiger partial charge in [0.15, 0.2) is 12.5 Å². The Kier molecular flexibility index (Phi) is 15.0. The van der Waals surface area contributed by atoms with Crippen LogP contribution in [0, 0.1) is 11.8 Å². The third-order valence-electron chi connectivity index (χ3n) is 6.70. The second-order valence-corrected chi connectivity index (χ2v) is 12.1.